The molecule has 0 spiro atoms. The van der Waals surface area contributed by atoms with Gasteiger partial charge in [0.25, 0.3) is 0 Å². The van der Waals surface area contributed by atoms with Crippen molar-refractivity contribution in [1.29, 1.82) is 0 Å². The molecule has 29 heavy (non-hydrogen) atoms. The topological polar surface area (TPSA) is 66.7 Å². The predicted molar refractivity (Wildman–Crippen MR) is 106 cm³/mol. The number of hydrogen-bond acceptors (Lipinski definition) is 3. The summed E-state index contributed by atoms with van der Waals surface area (Å²) >= 11 is 0. The number of pyridine rings is 1. The molecule has 0 saturated carbocycles. The highest BCUT2D eigenvalue weighted by Crippen LogP contribution is 2.21. The third-order valence-corrected chi connectivity index (χ3v) is 5.36. The summed E-state index contributed by atoms with van der Waals surface area (Å²) in [5.41, 5.74) is 3.18. The molecule has 1 fully saturated rings. The number of carbonyl (C=O) groups excluding carboxylic acids is 2. The first-order valence-electron chi connectivity index (χ1n) is 9.73. The molecule has 3 heterocycles. The number of aromatic nitrogens is 2. The summed E-state index contributed by atoms with van der Waals surface area (Å²) in [7, 11) is 0. The number of carbonyl (C=O) groups is 2. The van der Waals surface area contributed by atoms with E-state index in [9.17, 15) is 14.0 Å². The van der Waals surface area contributed by atoms with Gasteiger partial charge in [-0.25, -0.2) is 9.37 Å². The Bertz CT molecular complexity index is 1060. The summed E-state index contributed by atoms with van der Waals surface area (Å²) < 4.78 is 15.9. The van der Waals surface area contributed by atoms with Crippen LogP contribution in [0, 0.1) is 18.7 Å². The van der Waals surface area contributed by atoms with Crippen LogP contribution in [-0.4, -0.2) is 32.6 Å². The van der Waals surface area contributed by atoms with E-state index in [1.807, 2.05) is 35.9 Å². The molecule has 0 bridgehead atoms. The van der Waals surface area contributed by atoms with Crippen molar-refractivity contribution in [3.63, 3.8) is 0 Å². The minimum absolute atomic E-state index is 0.0480. The molecule has 150 valence electrons. The van der Waals surface area contributed by atoms with Crippen molar-refractivity contribution in [2.24, 2.45) is 5.92 Å². The Kier molecular flexibility index (Phi) is 5.29. The van der Waals surface area contributed by atoms with Crippen LogP contribution < -0.4 is 5.32 Å². The number of imidazole rings is 1. The van der Waals surface area contributed by atoms with Crippen LogP contribution in [0.1, 0.15) is 29.7 Å². The average Bonchev–Trinajstić information content (AvgIpc) is 3.14. The van der Waals surface area contributed by atoms with Crippen LogP contribution in [0.2, 0.25) is 0 Å². The van der Waals surface area contributed by atoms with Crippen molar-refractivity contribution >= 4 is 17.5 Å². The molecule has 0 radical (unpaired) electrons. The van der Waals surface area contributed by atoms with Crippen LogP contribution in [0.3, 0.4) is 0 Å². The van der Waals surface area contributed by atoms with E-state index in [1.165, 1.54) is 6.07 Å². The molecule has 2 amide bonds. The molecule has 1 aliphatic heterocycles. The SMILES string of the molecule is Cc1cccn2cc(CNC(=O)C3CCC(=O)N(Cc4ccccc4F)C3)nc12. The van der Waals surface area contributed by atoms with E-state index in [1.54, 1.807) is 23.1 Å². The van der Waals surface area contributed by atoms with Gasteiger partial charge in [0.05, 0.1) is 18.2 Å². The van der Waals surface area contributed by atoms with Crippen molar-refractivity contribution in [3.8, 4) is 0 Å². The van der Waals surface area contributed by atoms with Crippen molar-refractivity contribution in [1.82, 2.24) is 19.6 Å². The Morgan fingerprint density at radius 1 is 1.28 bits per heavy atom. The van der Waals surface area contributed by atoms with Gasteiger partial charge in [-0.3, -0.25) is 9.59 Å². The fraction of sp³-hybridized carbons (Fsp3) is 0.318. The van der Waals surface area contributed by atoms with E-state index in [-0.39, 0.29) is 30.1 Å². The molecule has 3 aromatic rings. The molecule has 0 aliphatic carbocycles. The standard InChI is InChI=1S/C22H23FN4O2/c1-15-5-4-10-26-14-18(25-21(15)26)11-24-22(29)17-8-9-20(28)27(13-17)12-16-6-2-3-7-19(16)23/h2-7,10,14,17H,8-9,11-13H2,1H3,(H,24,29). The van der Waals surface area contributed by atoms with Gasteiger partial charge in [-0.05, 0) is 31.0 Å². The van der Waals surface area contributed by atoms with Crippen molar-refractivity contribution in [2.45, 2.75) is 32.9 Å². The monoisotopic (exact) mass is 394 g/mol. The van der Waals surface area contributed by atoms with Gasteiger partial charge in [-0.15, -0.1) is 0 Å². The Morgan fingerprint density at radius 3 is 2.90 bits per heavy atom. The zero-order valence-electron chi connectivity index (χ0n) is 16.3. The van der Waals surface area contributed by atoms with E-state index >= 15 is 0 Å². The molecule has 7 heteroatoms. The number of nitrogens with one attached hydrogen (secondary N) is 1. The maximum Gasteiger partial charge on any atom is 0.225 e. The lowest BCUT2D eigenvalue weighted by atomic mass is 9.96. The van der Waals surface area contributed by atoms with E-state index in [0.29, 0.717) is 31.5 Å². The Balaban J connectivity index is 1.38. The zero-order chi connectivity index (χ0) is 20.4. The number of piperidine rings is 1. The van der Waals surface area contributed by atoms with Gasteiger partial charge in [0.2, 0.25) is 11.8 Å². The second-order valence-electron chi connectivity index (χ2n) is 7.47. The van der Waals surface area contributed by atoms with Gasteiger partial charge >= 0.3 is 0 Å². The maximum atomic E-state index is 13.9. The number of amides is 2. The average molecular weight is 394 g/mol. The van der Waals surface area contributed by atoms with Gasteiger partial charge in [-0.1, -0.05) is 24.3 Å². The second-order valence-corrected chi connectivity index (χ2v) is 7.47. The normalized spacial score (nSPS) is 17.0. The quantitative estimate of drug-likeness (QED) is 0.724. The Labute approximate surface area is 168 Å². The lowest BCUT2D eigenvalue weighted by molar-refractivity contribution is -0.139. The maximum absolute atomic E-state index is 13.9. The highest BCUT2D eigenvalue weighted by molar-refractivity contribution is 5.83. The van der Waals surface area contributed by atoms with Crippen molar-refractivity contribution in [2.75, 3.05) is 6.54 Å². The minimum Gasteiger partial charge on any atom is -0.350 e. The highest BCUT2D eigenvalue weighted by atomic mass is 19.1. The summed E-state index contributed by atoms with van der Waals surface area (Å²) in [6.07, 6.45) is 4.62. The number of hydrogen-bond donors (Lipinski definition) is 1. The molecule has 1 atom stereocenters. The van der Waals surface area contributed by atoms with Gasteiger partial charge in [0.15, 0.2) is 0 Å². The van der Waals surface area contributed by atoms with Gasteiger partial charge in [0, 0.05) is 37.5 Å². The fourth-order valence-corrected chi connectivity index (χ4v) is 3.73. The first-order chi connectivity index (χ1) is 14.0. The van der Waals surface area contributed by atoms with Gasteiger partial charge in [-0.2, -0.15) is 0 Å². The number of halogens is 1. The van der Waals surface area contributed by atoms with E-state index in [0.717, 1.165) is 16.9 Å². The molecule has 1 aromatic carbocycles. The molecule has 1 unspecified atom stereocenters. The van der Waals surface area contributed by atoms with Crippen molar-refractivity contribution < 1.29 is 14.0 Å². The van der Waals surface area contributed by atoms with Crippen LogP contribution in [0.5, 0.6) is 0 Å². The number of benzene rings is 1. The summed E-state index contributed by atoms with van der Waals surface area (Å²) in [6.45, 7) is 2.80. The summed E-state index contributed by atoms with van der Waals surface area (Å²) in [5, 5.41) is 2.93. The van der Waals surface area contributed by atoms with Gasteiger partial charge < -0.3 is 14.6 Å². The molecule has 4 rings (SSSR count). The molecule has 1 N–H and O–H groups in total. The number of rotatable bonds is 5. The van der Waals surface area contributed by atoms with E-state index in [2.05, 4.69) is 10.3 Å². The molecule has 2 aromatic heterocycles. The number of likely N-dealkylation sites (tertiary alicyclic amines) is 1. The third kappa shape index (κ3) is 4.13. The lowest BCUT2D eigenvalue weighted by Gasteiger charge is -2.32. The largest absolute Gasteiger partial charge is 0.350 e. The van der Waals surface area contributed by atoms with Crippen LogP contribution in [-0.2, 0) is 22.7 Å². The van der Waals surface area contributed by atoms with Crippen LogP contribution in [0.4, 0.5) is 4.39 Å². The van der Waals surface area contributed by atoms with Crippen LogP contribution in [0.15, 0.2) is 48.8 Å². The smallest absolute Gasteiger partial charge is 0.225 e. The number of fused-ring (bicyclic) bond motifs is 1. The summed E-state index contributed by atoms with van der Waals surface area (Å²) in [5.74, 6) is -0.801. The molecule has 1 aliphatic rings. The van der Waals surface area contributed by atoms with Crippen molar-refractivity contribution in [3.05, 3.63) is 71.4 Å². The highest BCUT2D eigenvalue weighted by Gasteiger charge is 2.30. The fourth-order valence-electron chi connectivity index (χ4n) is 3.73. The summed E-state index contributed by atoms with van der Waals surface area (Å²) in [4.78, 5) is 31.0. The van der Waals surface area contributed by atoms with E-state index in [4.69, 9.17) is 0 Å². The first kappa shape index (κ1) is 19.1. The predicted octanol–water partition coefficient (Wildman–Crippen LogP) is 2.84. The number of aryl methyl sites for hydroxylation is 1. The molecular weight excluding hydrogens is 371 g/mol. The Morgan fingerprint density at radius 2 is 2.10 bits per heavy atom. The molecular formula is C22H23FN4O2. The first-order valence-corrected chi connectivity index (χ1v) is 9.73. The third-order valence-electron chi connectivity index (χ3n) is 5.36. The lowest BCUT2D eigenvalue weighted by Crippen LogP contribution is -2.45. The number of nitrogens with zero attached hydrogens (tertiary/aromatic N) is 3. The van der Waals surface area contributed by atoms with Crippen LogP contribution >= 0.6 is 0 Å². The van der Waals surface area contributed by atoms with Gasteiger partial charge in [0.1, 0.15) is 11.5 Å². The molecule has 1 saturated heterocycles. The zero-order valence-corrected chi connectivity index (χ0v) is 16.3. The van der Waals surface area contributed by atoms with E-state index < -0.39 is 0 Å². The van der Waals surface area contributed by atoms with Crippen LogP contribution in [0.25, 0.3) is 5.65 Å². The second kappa shape index (κ2) is 8.03. The molecule has 6 nitrogen and oxygen atoms in total. The minimum atomic E-state index is -0.339. The summed E-state index contributed by atoms with van der Waals surface area (Å²) in [6, 6.07) is 10.4. The Hall–Kier alpha value is -3.22.